The van der Waals surface area contributed by atoms with Crippen LogP contribution in [0.1, 0.15) is 32.0 Å². The number of hydrogen-bond donors (Lipinski definition) is 0. The van der Waals surface area contributed by atoms with E-state index in [1.54, 1.807) is 0 Å². The molecule has 0 bridgehead atoms. The van der Waals surface area contributed by atoms with Crippen molar-refractivity contribution in [2.75, 3.05) is 32.7 Å². The predicted octanol–water partition coefficient (Wildman–Crippen LogP) is 3.32. The highest BCUT2D eigenvalue weighted by Crippen LogP contribution is 2.14. The van der Waals surface area contributed by atoms with Crippen molar-refractivity contribution in [3.8, 4) is 0 Å². The summed E-state index contributed by atoms with van der Waals surface area (Å²) in [5.74, 6) is 0. The maximum Gasteiger partial charge on any atom is 0.106 e. The first-order valence-electron chi connectivity index (χ1n) is 7.25. The van der Waals surface area contributed by atoms with Crippen LogP contribution in [0.3, 0.4) is 0 Å². The highest BCUT2D eigenvalue weighted by molar-refractivity contribution is 9.10. The number of aromatic nitrogens is 1. The molecule has 108 valence electrons. The molecule has 1 aromatic rings. The first kappa shape index (κ1) is 16.6. The summed E-state index contributed by atoms with van der Waals surface area (Å²) in [6.07, 6.45) is 0. The molecule has 0 unspecified atom stereocenters. The average molecular weight is 328 g/mol. The van der Waals surface area contributed by atoms with Crippen molar-refractivity contribution in [1.82, 2.24) is 14.8 Å². The van der Waals surface area contributed by atoms with Crippen LogP contribution in [0.2, 0.25) is 0 Å². The summed E-state index contributed by atoms with van der Waals surface area (Å²) in [7, 11) is 0. The Hall–Kier alpha value is -0.450. The molecule has 3 nitrogen and oxygen atoms in total. The van der Waals surface area contributed by atoms with Gasteiger partial charge in [-0.3, -0.25) is 4.90 Å². The molecule has 1 aromatic heterocycles. The summed E-state index contributed by atoms with van der Waals surface area (Å²) in [6, 6.07) is 4.21. The van der Waals surface area contributed by atoms with Crippen LogP contribution in [0.5, 0.6) is 0 Å². The molecule has 0 N–H and O–H groups in total. The Kier molecular flexibility index (Phi) is 7.57. The van der Waals surface area contributed by atoms with E-state index >= 15 is 0 Å². The van der Waals surface area contributed by atoms with Crippen LogP contribution in [0.15, 0.2) is 16.7 Å². The molecule has 0 atom stereocenters. The number of hydrogen-bond acceptors (Lipinski definition) is 3. The van der Waals surface area contributed by atoms with Gasteiger partial charge in [0, 0.05) is 38.4 Å². The van der Waals surface area contributed by atoms with E-state index in [1.165, 1.54) is 38.3 Å². The minimum absolute atomic E-state index is 0.926. The van der Waals surface area contributed by atoms with Gasteiger partial charge in [0.15, 0.2) is 0 Å². The summed E-state index contributed by atoms with van der Waals surface area (Å²) < 4.78 is 0.926. The standard InChI is InChI=1S/C13H20BrN3.C2H6/c1-3-16-6-8-17(9-7-16)10-12-4-5-13(14)15-11(12)2;1-2/h4-5H,3,6-10H2,1-2H3;1-2H3. The Morgan fingerprint density at radius 1 is 1.11 bits per heavy atom. The Bertz CT molecular complexity index is 374. The molecule has 1 aliphatic rings. The molecule has 0 radical (unpaired) electrons. The summed E-state index contributed by atoms with van der Waals surface area (Å²) in [6.45, 7) is 15.3. The quantitative estimate of drug-likeness (QED) is 0.794. The van der Waals surface area contributed by atoms with E-state index in [-0.39, 0.29) is 0 Å². The van der Waals surface area contributed by atoms with Gasteiger partial charge in [-0.05, 0) is 41.0 Å². The van der Waals surface area contributed by atoms with Gasteiger partial charge in [0.2, 0.25) is 0 Å². The molecule has 0 aliphatic carbocycles. The van der Waals surface area contributed by atoms with E-state index in [0.29, 0.717) is 0 Å². The molecular formula is C15H26BrN3. The molecule has 2 heterocycles. The van der Waals surface area contributed by atoms with Gasteiger partial charge in [0.25, 0.3) is 0 Å². The largest absolute Gasteiger partial charge is 0.301 e. The zero-order chi connectivity index (χ0) is 14.3. The number of nitrogens with zero attached hydrogens (tertiary/aromatic N) is 3. The second-order valence-corrected chi connectivity index (χ2v) is 5.40. The van der Waals surface area contributed by atoms with Crippen LogP contribution in [0, 0.1) is 6.92 Å². The SMILES string of the molecule is CC.CCN1CCN(Cc2ccc(Br)nc2C)CC1. The number of piperazine rings is 1. The monoisotopic (exact) mass is 327 g/mol. The molecule has 1 fully saturated rings. The van der Waals surface area contributed by atoms with E-state index in [1.807, 2.05) is 19.9 Å². The van der Waals surface area contributed by atoms with Gasteiger partial charge in [-0.25, -0.2) is 4.98 Å². The zero-order valence-corrected chi connectivity index (χ0v) is 14.2. The molecule has 4 heteroatoms. The van der Waals surface area contributed by atoms with Crippen molar-refractivity contribution >= 4 is 15.9 Å². The number of pyridine rings is 1. The maximum absolute atomic E-state index is 4.45. The van der Waals surface area contributed by atoms with Crippen LogP contribution in [-0.4, -0.2) is 47.5 Å². The van der Waals surface area contributed by atoms with E-state index in [2.05, 4.69) is 50.6 Å². The third-order valence-corrected chi connectivity index (χ3v) is 3.91. The number of aryl methyl sites for hydroxylation is 1. The summed E-state index contributed by atoms with van der Waals surface area (Å²) >= 11 is 3.41. The van der Waals surface area contributed by atoms with Crippen LogP contribution < -0.4 is 0 Å². The van der Waals surface area contributed by atoms with Gasteiger partial charge in [0.05, 0.1) is 0 Å². The zero-order valence-electron chi connectivity index (χ0n) is 12.6. The lowest BCUT2D eigenvalue weighted by atomic mass is 10.2. The number of likely N-dealkylation sites (N-methyl/N-ethyl adjacent to an activating group) is 1. The first-order chi connectivity index (χ1) is 9.19. The van der Waals surface area contributed by atoms with Crippen molar-refractivity contribution < 1.29 is 0 Å². The van der Waals surface area contributed by atoms with E-state index in [0.717, 1.165) is 16.8 Å². The Morgan fingerprint density at radius 2 is 1.68 bits per heavy atom. The molecule has 19 heavy (non-hydrogen) atoms. The van der Waals surface area contributed by atoms with Crippen molar-refractivity contribution in [1.29, 1.82) is 0 Å². The Labute approximate surface area is 126 Å². The van der Waals surface area contributed by atoms with E-state index in [4.69, 9.17) is 0 Å². The Balaban J connectivity index is 0.000000861. The first-order valence-corrected chi connectivity index (χ1v) is 8.05. The van der Waals surface area contributed by atoms with Crippen LogP contribution in [-0.2, 0) is 6.54 Å². The molecule has 1 aliphatic heterocycles. The van der Waals surface area contributed by atoms with E-state index < -0.39 is 0 Å². The van der Waals surface area contributed by atoms with Crippen molar-refractivity contribution in [2.45, 2.75) is 34.2 Å². The highest BCUT2D eigenvalue weighted by Gasteiger charge is 2.16. The fourth-order valence-corrected chi connectivity index (χ4v) is 2.63. The minimum atomic E-state index is 0.926. The van der Waals surface area contributed by atoms with Gasteiger partial charge in [-0.1, -0.05) is 26.8 Å². The molecule has 0 aromatic carbocycles. The average Bonchev–Trinajstić information content (AvgIpc) is 2.45. The summed E-state index contributed by atoms with van der Waals surface area (Å²) in [5.41, 5.74) is 2.48. The van der Waals surface area contributed by atoms with Gasteiger partial charge in [0.1, 0.15) is 4.60 Å². The van der Waals surface area contributed by atoms with Gasteiger partial charge in [-0.15, -0.1) is 0 Å². The topological polar surface area (TPSA) is 19.4 Å². The third kappa shape index (κ3) is 5.21. The lowest BCUT2D eigenvalue weighted by molar-refractivity contribution is 0.131. The third-order valence-electron chi connectivity index (χ3n) is 3.47. The van der Waals surface area contributed by atoms with Gasteiger partial charge >= 0.3 is 0 Å². The second kappa shape index (κ2) is 8.67. The predicted molar refractivity (Wildman–Crippen MR) is 85.4 cm³/mol. The fourth-order valence-electron chi connectivity index (χ4n) is 2.23. The van der Waals surface area contributed by atoms with Gasteiger partial charge in [-0.2, -0.15) is 0 Å². The summed E-state index contributed by atoms with van der Waals surface area (Å²) in [4.78, 5) is 9.47. The van der Waals surface area contributed by atoms with Crippen molar-refractivity contribution in [3.63, 3.8) is 0 Å². The molecule has 1 saturated heterocycles. The molecule has 0 amide bonds. The highest BCUT2D eigenvalue weighted by atomic mass is 79.9. The van der Waals surface area contributed by atoms with Gasteiger partial charge < -0.3 is 4.90 Å². The van der Waals surface area contributed by atoms with Crippen LogP contribution >= 0.6 is 15.9 Å². The van der Waals surface area contributed by atoms with Crippen LogP contribution in [0.4, 0.5) is 0 Å². The lowest BCUT2D eigenvalue weighted by Gasteiger charge is -2.34. The molecule has 0 saturated carbocycles. The molecular weight excluding hydrogens is 302 g/mol. The normalized spacial score (nSPS) is 16.9. The second-order valence-electron chi connectivity index (χ2n) is 4.59. The van der Waals surface area contributed by atoms with Crippen molar-refractivity contribution in [3.05, 3.63) is 28.0 Å². The number of rotatable bonds is 3. The van der Waals surface area contributed by atoms with Crippen molar-refractivity contribution in [2.24, 2.45) is 0 Å². The van der Waals surface area contributed by atoms with E-state index in [9.17, 15) is 0 Å². The smallest absolute Gasteiger partial charge is 0.106 e. The fraction of sp³-hybridized carbons (Fsp3) is 0.667. The molecule has 0 spiro atoms. The number of halogens is 1. The Morgan fingerprint density at radius 3 is 2.21 bits per heavy atom. The maximum atomic E-state index is 4.45. The van der Waals surface area contributed by atoms with Crippen LogP contribution in [0.25, 0.3) is 0 Å². The summed E-state index contributed by atoms with van der Waals surface area (Å²) in [5, 5.41) is 0. The lowest BCUT2D eigenvalue weighted by Crippen LogP contribution is -2.45. The molecule has 2 rings (SSSR count). The minimum Gasteiger partial charge on any atom is -0.301 e.